The third-order valence-corrected chi connectivity index (χ3v) is 6.05. The van der Waals surface area contributed by atoms with E-state index >= 15 is 0 Å². The first kappa shape index (κ1) is 20.8. The van der Waals surface area contributed by atoms with E-state index in [1.807, 2.05) is 18.2 Å². The highest BCUT2D eigenvalue weighted by Gasteiger charge is 2.49. The van der Waals surface area contributed by atoms with E-state index in [-0.39, 0.29) is 42.0 Å². The van der Waals surface area contributed by atoms with Crippen LogP contribution in [-0.4, -0.2) is 56.4 Å². The van der Waals surface area contributed by atoms with Gasteiger partial charge in [-0.1, -0.05) is 18.2 Å². The second-order valence-electron chi connectivity index (χ2n) is 8.34. The lowest BCUT2D eigenvalue weighted by Gasteiger charge is -2.19. The monoisotopic (exact) mass is 438 g/mol. The SMILES string of the molecule is COc1cccc(Oc2ccccc2C(=O)N[C@H]2CO[C@H]3[C@@H]2OC[C@@H]3NC(=O)C2CC2)c1. The molecule has 5 rings (SSSR count). The summed E-state index contributed by atoms with van der Waals surface area (Å²) in [5.41, 5.74) is 0.412. The molecule has 0 radical (unpaired) electrons. The number of methoxy groups -OCH3 is 1. The highest BCUT2D eigenvalue weighted by molar-refractivity contribution is 5.97. The van der Waals surface area contributed by atoms with E-state index in [4.69, 9.17) is 18.9 Å². The molecule has 2 aromatic carbocycles. The van der Waals surface area contributed by atoms with Gasteiger partial charge in [0.2, 0.25) is 5.91 Å². The zero-order chi connectivity index (χ0) is 22.1. The molecule has 8 heteroatoms. The van der Waals surface area contributed by atoms with Crippen LogP contribution in [0.3, 0.4) is 0 Å². The summed E-state index contributed by atoms with van der Waals surface area (Å²) in [4.78, 5) is 25.2. The molecule has 2 N–H and O–H groups in total. The Labute approximate surface area is 186 Å². The molecule has 1 aliphatic carbocycles. The van der Waals surface area contributed by atoms with Crippen LogP contribution in [0.4, 0.5) is 0 Å². The van der Waals surface area contributed by atoms with E-state index in [9.17, 15) is 9.59 Å². The van der Waals surface area contributed by atoms with E-state index < -0.39 is 0 Å². The number of nitrogens with one attached hydrogen (secondary N) is 2. The Hall–Kier alpha value is -3.10. The first-order valence-corrected chi connectivity index (χ1v) is 10.9. The van der Waals surface area contributed by atoms with Crippen molar-refractivity contribution in [3.8, 4) is 17.2 Å². The van der Waals surface area contributed by atoms with Crippen molar-refractivity contribution in [2.24, 2.45) is 5.92 Å². The number of benzene rings is 2. The van der Waals surface area contributed by atoms with Crippen molar-refractivity contribution < 1.29 is 28.5 Å². The summed E-state index contributed by atoms with van der Waals surface area (Å²) in [6, 6.07) is 13.8. The van der Waals surface area contributed by atoms with Crippen molar-refractivity contribution in [2.75, 3.05) is 20.3 Å². The smallest absolute Gasteiger partial charge is 0.255 e. The maximum atomic E-state index is 13.1. The minimum Gasteiger partial charge on any atom is -0.497 e. The standard InChI is InChI=1S/C24H26N2O6/c1-29-15-5-4-6-16(11-15)32-20-8-3-2-7-17(20)24(28)26-19-13-31-21-18(12-30-22(19)21)25-23(27)14-9-10-14/h2-8,11,14,18-19,21-22H,9-10,12-13H2,1H3,(H,25,27)(H,26,28)/t18-,19-,21+,22+/m0/s1. The molecule has 168 valence electrons. The zero-order valence-electron chi connectivity index (χ0n) is 17.8. The van der Waals surface area contributed by atoms with E-state index in [0.717, 1.165) is 12.8 Å². The van der Waals surface area contributed by atoms with Crippen LogP contribution < -0.4 is 20.1 Å². The Morgan fingerprint density at radius 3 is 2.31 bits per heavy atom. The van der Waals surface area contributed by atoms with Gasteiger partial charge in [0.05, 0.1) is 38.0 Å². The lowest BCUT2D eigenvalue weighted by atomic mass is 10.1. The van der Waals surface area contributed by atoms with Crippen molar-refractivity contribution in [1.29, 1.82) is 0 Å². The Morgan fingerprint density at radius 1 is 0.906 bits per heavy atom. The van der Waals surface area contributed by atoms with Gasteiger partial charge in [0, 0.05) is 12.0 Å². The summed E-state index contributed by atoms with van der Waals surface area (Å²) >= 11 is 0. The minimum absolute atomic E-state index is 0.0685. The van der Waals surface area contributed by atoms with E-state index in [1.165, 1.54) is 0 Å². The average Bonchev–Trinajstić information content (AvgIpc) is 3.49. The van der Waals surface area contributed by atoms with Crippen molar-refractivity contribution in [3.63, 3.8) is 0 Å². The van der Waals surface area contributed by atoms with Crippen LogP contribution in [0.2, 0.25) is 0 Å². The maximum Gasteiger partial charge on any atom is 0.255 e. The number of ether oxygens (including phenoxy) is 4. The van der Waals surface area contributed by atoms with Crippen LogP contribution >= 0.6 is 0 Å². The number of hydrogen-bond acceptors (Lipinski definition) is 6. The molecule has 2 saturated heterocycles. The van der Waals surface area contributed by atoms with Crippen LogP contribution in [0.15, 0.2) is 48.5 Å². The molecule has 3 aliphatic rings. The van der Waals surface area contributed by atoms with Gasteiger partial charge in [0.15, 0.2) is 0 Å². The lowest BCUT2D eigenvalue weighted by molar-refractivity contribution is -0.123. The fraction of sp³-hybridized carbons (Fsp3) is 0.417. The van der Waals surface area contributed by atoms with Gasteiger partial charge in [0.25, 0.3) is 5.91 Å². The number of rotatable bonds is 7. The molecule has 32 heavy (non-hydrogen) atoms. The Balaban J connectivity index is 1.24. The molecule has 2 amide bonds. The van der Waals surface area contributed by atoms with Gasteiger partial charge >= 0.3 is 0 Å². The van der Waals surface area contributed by atoms with Crippen LogP contribution in [0, 0.1) is 5.92 Å². The number of hydrogen-bond donors (Lipinski definition) is 2. The highest BCUT2D eigenvalue weighted by atomic mass is 16.6. The van der Waals surface area contributed by atoms with Crippen molar-refractivity contribution in [2.45, 2.75) is 37.1 Å². The molecule has 3 fully saturated rings. The maximum absolute atomic E-state index is 13.1. The molecular formula is C24H26N2O6. The van der Waals surface area contributed by atoms with Crippen molar-refractivity contribution in [3.05, 3.63) is 54.1 Å². The first-order chi connectivity index (χ1) is 15.6. The van der Waals surface area contributed by atoms with E-state index in [1.54, 1.807) is 37.4 Å². The summed E-state index contributed by atoms with van der Waals surface area (Å²) < 4.78 is 23.0. The number of amides is 2. The summed E-state index contributed by atoms with van der Waals surface area (Å²) in [5.74, 6) is 1.61. The van der Waals surface area contributed by atoms with Gasteiger partial charge < -0.3 is 29.6 Å². The van der Waals surface area contributed by atoms with Gasteiger partial charge in [-0.25, -0.2) is 0 Å². The van der Waals surface area contributed by atoms with Crippen LogP contribution in [0.1, 0.15) is 23.2 Å². The summed E-state index contributed by atoms with van der Waals surface area (Å²) in [7, 11) is 1.59. The second kappa shape index (κ2) is 8.80. The van der Waals surface area contributed by atoms with Gasteiger partial charge in [-0.2, -0.15) is 0 Å². The molecule has 2 aliphatic heterocycles. The zero-order valence-corrected chi connectivity index (χ0v) is 17.8. The highest BCUT2D eigenvalue weighted by Crippen LogP contribution is 2.32. The summed E-state index contributed by atoms with van der Waals surface area (Å²) in [6.45, 7) is 0.714. The van der Waals surface area contributed by atoms with Gasteiger partial charge in [-0.15, -0.1) is 0 Å². The molecule has 8 nitrogen and oxygen atoms in total. The normalized spacial score (nSPS) is 26.3. The van der Waals surface area contributed by atoms with Gasteiger partial charge in [-0.3, -0.25) is 9.59 Å². The molecule has 0 unspecified atom stereocenters. The molecule has 4 atom stereocenters. The Bertz CT molecular complexity index is 1010. The molecule has 0 spiro atoms. The topological polar surface area (TPSA) is 95.1 Å². The summed E-state index contributed by atoms with van der Waals surface area (Å²) in [6.07, 6.45) is 1.34. The molecule has 1 saturated carbocycles. The van der Waals surface area contributed by atoms with Crippen LogP contribution in [0.5, 0.6) is 17.2 Å². The van der Waals surface area contributed by atoms with Crippen molar-refractivity contribution >= 4 is 11.8 Å². The number of carbonyl (C=O) groups excluding carboxylic acids is 2. The Morgan fingerprint density at radius 2 is 1.59 bits per heavy atom. The third kappa shape index (κ3) is 4.28. The van der Waals surface area contributed by atoms with E-state index in [2.05, 4.69) is 10.6 Å². The molecule has 0 aromatic heterocycles. The Kier molecular flexibility index (Phi) is 5.71. The van der Waals surface area contributed by atoms with Crippen LogP contribution in [-0.2, 0) is 14.3 Å². The number of fused-ring (bicyclic) bond motifs is 1. The van der Waals surface area contributed by atoms with Crippen LogP contribution in [0.25, 0.3) is 0 Å². The van der Waals surface area contributed by atoms with E-state index in [0.29, 0.717) is 36.0 Å². The average molecular weight is 438 g/mol. The molecule has 0 bridgehead atoms. The van der Waals surface area contributed by atoms with Crippen molar-refractivity contribution in [1.82, 2.24) is 10.6 Å². The second-order valence-corrected chi connectivity index (χ2v) is 8.34. The number of carbonyl (C=O) groups is 2. The molecule has 2 heterocycles. The number of para-hydroxylation sites is 1. The largest absolute Gasteiger partial charge is 0.497 e. The van der Waals surface area contributed by atoms with Gasteiger partial charge in [-0.05, 0) is 37.1 Å². The predicted octanol–water partition coefficient (Wildman–Crippen LogP) is 2.28. The summed E-state index contributed by atoms with van der Waals surface area (Å²) in [5, 5.41) is 6.05. The van der Waals surface area contributed by atoms with Gasteiger partial charge in [0.1, 0.15) is 29.5 Å². The lowest BCUT2D eigenvalue weighted by Crippen LogP contribution is -2.47. The fourth-order valence-corrected chi connectivity index (χ4v) is 4.17. The predicted molar refractivity (Wildman–Crippen MR) is 115 cm³/mol. The molecular weight excluding hydrogens is 412 g/mol. The first-order valence-electron chi connectivity index (χ1n) is 10.9. The third-order valence-electron chi connectivity index (χ3n) is 6.05. The molecule has 2 aromatic rings. The fourth-order valence-electron chi connectivity index (χ4n) is 4.17. The quantitative estimate of drug-likeness (QED) is 0.689. The minimum atomic E-state index is -0.305.